The maximum Gasteiger partial charge on any atom is 0.411 e. The summed E-state index contributed by atoms with van der Waals surface area (Å²) in [5.41, 5.74) is 2.14. The number of ether oxygens (including phenoxy) is 6. The maximum atomic E-state index is 12.8. The lowest BCUT2D eigenvalue weighted by atomic mass is 9.87. The molecule has 4 atom stereocenters. The van der Waals surface area contributed by atoms with E-state index in [9.17, 15) is 24.4 Å². The van der Waals surface area contributed by atoms with Crippen molar-refractivity contribution in [3.05, 3.63) is 76.3 Å². The van der Waals surface area contributed by atoms with Gasteiger partial charge in [0, 0.05) is 42.3 Å². The average molecular weight is 841 g/mol. The molecule has 2 amide bonds. The van der Waals surface area contributed by atoms with Crippen LogP contribution in [0.5, 0.6) is 11.5 Å². The normalized spacial score (nSPS) is 23.0. The maximum absolute atomic E-state index is 12.8. The quantitative estimate of drug-likeness (QED) is 0.0895. The van der Waals surface area contributed by atoms with Crippen molar-refractivity contribution in [3.63, 3.8) is 0 Å². The molecule has 4 aliphatic rings. The summed E-state index contributed by atoms with van der Waals surface area (Å²) in [6.45, 7) is 14.9. The fourth-order valence-electron chi connectivity index (χ4n) is 9.05. The monoisotopic (exact) mass is 840 g/mol. The van der Waals surface area contributed by atoms with Gasteiger partial charge in [0.25, 0.3) is 0 Å². The summed E-state index contributed by atoms with van der Waals surface area (Å²) in [6.07, 6.45) is 2.30. The fraction of sp³-hybridized carbons (Fsp3) is 0.522. The van der Waals surface area contributed by atoms with E-state index in [4.69, 9.17) is 33.4 Å². The number of aryl methyl sites for hydroxylation is 3. The second-order valence-corrected chi connectivity index (χ2v) is 18.5. The van der Waals surface area contributed by atoms with Crippen molar-refractivity contribution in [2.75, 3.05) is 27.3 Å². The van der Waals surface area contributed by atoms with Crippen LogP contribution < -0.4 is 14.2 Å². The van der Waals surface area contributed by atoms with Gasteiger partial charge in [-0.1, -0.05) is 30.3 Å². The molecule has 2 unspecified atom stereocenters. The molecule has 2 aromatic carbocycles. The SMILES string of the molecule is COC(=O)[C@@H]1CC2(CCc3c(c(C)[n+]([O-])c4ccccc34)O2)CN1C(=O)OC(C)(C)C.COC(=O)[C@@H]1CC2(CCc3c(c(C)nc4ccccc34)O2)CN1C(=O)OC(C)(C)C. The lowest BCUT2D eigenvalue weighted by molar-refractivity contribution is -0.584. The minimum absolute atomic E-state index is 0.187. The summed E-state index contributed by atoms with van der Waals surface area (Å²) >= 11 is 0. The van der Waals surface area contributed by atoms with Gasteiger partial charge in [-0.25, -0.2) is 24.2 Å². The Labute approximate surface area is 355 Å². The van der Waals surface area contributed by atoms with Crippen molar-refractivity contribution in [1.82, 2.24) is 14.8 Å². The molecule has 326 valence electrons. The highest BCUT2D eigenvalue weighted by Gasteiger charge is 2.55. The highest BCUT2D eigenvalue weighted by Crippen LogP contribution is 2.46. The standard InChI is InChI=1S/C23H28N2O6.C23H28N2O5/c1-14-19-16(15-8-6-7-9-17(15)25(14)28)10-11-23(30-19)12-18(20(26)29-5)24(13-23)21(27)31-22(2,3)4;1-14-19-16(15-8-6-7-9-17(15)24-14)10-11-23(29-19)12-18(20(26)28-5)25(13-23)21(27)30-22(2,3)4/h6-9,18H,10-13H2,1-5H3;6-9,18H,10-13H2,1-5H3/t2*18-,23?/m00/s1. The van der Waals surface area contributed by atoms with Crippen LogP contribution >= 0.6 is 0 Å². The molecule has 0 radical (unpaired) electrons. The van der Waals surface area contributed by atoms with Crippen molar-refractivity contribution < 1.29 is 52.3 Å². The molecular weight excluding hydrogens is 785 g/mol. The van der Waals surface area contributed by atoms with E-state index in [2.05, 4.69) is 6.07 Å². The number of likely N-dealkylation sites (tertiary alicyclic amines) is 2. The summed E-state index contributed by atoms with van der Waals surface area (Å²) in [6, 6.07) is 13.9. The van der Waals surface area contributed by atoms with Crippen LogP contribution in [0.3, 0.4) is 0 Å². The molecule has 0 bridgehead atoms. The van der Waals surface area contributed by atoms with Crippen LogP contribution in [0.2, 0.25) is 0 Å². The Kier molecular flexibility index (Phi) is 11.3. The van der Waals surface area contributed by atoms with E-state index in [1.165, 1.54) is 24.0 Å². The first-order chi connectivity index (χ1) is 28.7. The number of esters is 2. The van der Waals surface area contributed by atoms with Crippen LogP contribution in [-0.4, -0.2) is 101 Å². The number of rotatable bonds is 2. The predicted octanol–water partition coefficient (Wildman–Crippen LogP) is 6.82. The topological polar surface area (TPSA) is 170 Å². The smallest absolute Gasteiger partial charge is 0.411 e. The number of nitrogens with zero attached hydrogens (tertiary/aromatic N) is 4. The number of fused-ring (bicyclic) bond motifs is 6. The van der Waals surface area contributed by atoms with Crippen molar-refractivity contribution in [3.8, 4) is 11.5 Å². The molecule has 0 N–H and O–H groups in total. The van der Waals surface area contributed by atoms with E-state index in [0.29, 0.717) is 42.6 Å². The molecule has 2 fully saturated rings. The third-order valence-electron chi connectivity index (χ3n) is 11.8. The largest absolute Gasteiger partial charge is 0.618 e. The molecular formula is C46H56N4O11. The number of amides is 2. The first kappa shape index (κ1) is 43.2. The lowest BCUT2D eigenvalue weighted by Crippen LogP contribution is -2.46. The van der Waals surface area contributed by atoms with Gasteiger partial charge < -0.3 is 33.6 Å². The Balaban J connectivity index is 0.000000184. The van der Waals surface area contributed by atoms with Gasteiger partial charge in [0.15, 0.2) is 5.75 Å². The van der Waals surface area contributed by atoms with Gasteiger partial charge in [0.05, 0.1) is 43.9 Å². The third kappa shape index (κ3) is 8.43. The predicted molar refractivity (Wildman–Crippen MR) is 224 cm³/mol. The van der Waals surface area contributed by atoms with Gasteiger partial charge in [-0.15, -0.1) is 0 Å². The van der Waals surface area contributed by atoms with Crippen LogP contribution in [0, 0.1) is 19.1 Å². The molecule has 4 aromatic rings. The molecule has 15 nitrogen and oxygen atoms in total. The molecule has 2 spiro atoms. The Hall–Kier alpha value is -5.86. The molecule has 61 heavy (non-hydrogen) atoms. The molecule has 8 rings (SSSR count). The van der Waals surface area contributed by atoms with Crippen molar-refractivity contribution in [1.29, 1.82) is 0 Å². The van der Waals surface area contributed by atoms with Gasteiger partial charge in [-0.2, -0.15) is 4.73 Å². The van der Waals surface area contributed by atoms with Gasteiger partial charge in [0.1, 0.15) is 40.2 Å². The number of carbonyl (C=O) groups is 4. The van der Waals surface area contributed by atoms with Crippen LogP contribution in [0.25, 0.3) is 21.8 Å². The molecule has 6 heterocycles. The van der Waals surface area contributed by atoms with E-state index in [1.807, 2.05) is 43.3 Å². The van der Waals surface area contributed by atoms with Crippen LogP contribution in [0.4, 0.5) is 9.59 Å². The minimum atomic E-state index is -0.804. The molecule has 2 aromatic heterocycles. The minimum Gasteiger partial charge on any atom is -0.618 e. The van der Waals surface area contributed by atoms with E-state index >= 15 is 0 Å². The zero-order chi connectivity index (χ0) is 44.2. The lowest BCUT2D eigenvalue weighted by Gasteiger charge is -2.36. The van der Waals surface area contributed by atoms with E-state index in [0.717, 1.165) is 50.0 Å². The van der Waals surface area contributed by atoms with E-state index in [-0.39, 0.29) is 19.5 Å². The number of hydrogen-bond acceptors (Lipinski definition) is 12. The van der Waals surface area contributed by atoms with E-state index < -0.39 is 58.6 Å². The number of carbonyl (C=O) groups excluding carboxylic acids is 4. The number of aromatic nitrogens is 2. The zero-order valence-corrected chi connectivity index (χ0v) is 36.7. The van der Waals surface area contributed by atoms with Crippen molar-refractivity contribution >= 4 is 45.9 Å². The fourth-order valence-corrected chi connectivity index (χ4v) is 9.05. The summed E-state index contributed by atoms with van der Waals surface area (Å²) in [5, 5.41) is 14.8. The highest BCUT2D eigenvalue weighted by molar-refractivity contribution is 5.86. The van der Waals surface area contributed by atoms with Gasteiger partial charge in [-0.05, 0) is 86.3 Å². The van der Waals surface area contributed by atoms with Crippen molar-refractivity contribution in [2.24, 2.45) is 0 Å². The van der Waals surface area contributed by atoms with E-state index in [1.54, 1.807) is 54.5 Å². The van der Waals surface area contributed by atoms with Crippen LogP contribution in [0.1, 0.15) is 89.7 Å². The first-order valence-corrected chi connectivity index (χ1v) is 20.7. The van der Waals surface area contributed by atoms with Crippen molar-refractivity contribution in [2.45, 2.75) is 128 Å². The Morgan fingerprint density at radius 3 is 1.69 bits per heavy atom. The Morgan fingerprint density at radius 2 is 1.18 bits per heavy atom. The highest BCUT2D eigenvalue weighted by atomic mass is 16.6. The summed E-state index contributed by atoms with van der Waals surface area (Å²) in [7, 11) is 2.63. The van der Waals surface area contributed by atoms with Gasteiger partial charge in [-0.3, -0.25) is 9.80 Å². The number of para-hydroxylation sites is 2. The molecule has 15 heteroatoms. The molecule has 2 saturated heterocycles. The molecule has 0 saturated carbocycles. The first-order valence-electron chi connectivity index (χ1n) is 20.7. The summed E-state index contributed by atoms with van der Waals surface area (Å²) < 4.78 is 34.9. The number of hydrogen-bond donors (Lipinski definition) is 0. The Bertz CT molecular complexity index is 2410. The average Bonchev–Trinajstić information content (AvgIpc) is 3.77. The number of benzene rings is 2. The van der Waals surface area contributed by atoms with Gasteiger partial charge >= 0.3 is 24.1 Å². The molecule has 4 aliphatic heterocycles. The number of methoxy groups -OCH3 is 2. The van der Waals surface area contributed by atoms with Gasteiger partial charge in [0.2, 0.25) is 11.2 Å². The zero-order valence-electron chi connectivity index (χ0n) is 36.7. The second kappa shape index (κ2) is 15.9. The second-order valence-electron chi connectivity index (χ2n) is 18.5. The van der Waals surface area contributed by atoms with Crippen LogP contribution in [0.15, 0.2) is 48.5 Å². The number of pyridine rings is 2. The third-order valence-corrected chi connectivity index (χ3v) is 11.8. The summed E-state index contributed by atoms with van der Waals surface area (Å²) in [5.74, 6) is 0.330. The summed E-state index contributed by atoms with van der Waals surface area (Å²) in [4.78, 5) is 58.2. The van der Waals surface area contributed by atoms with Crippen LogP contribution in [-0.2, 0) is 41.4 Å². The Morgan fingerprint density at radius 1 is 0.721 bits per heavy atom. The molecule has 0 aliphatic carbocycles.